The molecule has 72 valence electrons. The Morgan fingerprint density at radius 1 is 1.62 bits per heavy atom. The summed E-state index contributed by atoms with van der Waals surface area (Å²) < 4.78 is 1.96. The maximum atomic E-state index is 6.03. The molecule has 2 rings (SSSR count). The highest BCUT2D eigenvalue weighted by Crippen LogP contribution is 2.26. The molecule has 2 atom stereocenters. The van der Waals surface area contributed by atoms with Gasteiger partial charge in [-0.3, -0.25) is 0 Å². The Kier molecular flexibility index (Phi) is 2.07. The average molecular weight is 180 g/mol. The van der Waals surface area contributed by atoms with Crippen molar-refractivity contribution in [3.8, 4) is 0 Å². The van der Waals surface area contributed by atoms with Gasteiger partial charge in [0.1, 0.15) is 5.82 Å². The number of hydrogen-bond acceptors (Lipinski definition) is 3. The SMILES string of the molecule is CCc1nc2n(n1)CCC(C)C2N. The molecule has 0 aliphatic carbocycles. The molecule has 0 radical (unpaired) electrons. The topological polar surface area (TPSA) is 56.7 Å². The van der Waals surface area contributed by atoms with Gasteiger partial charge in [-0.15, -0.1) is 0 Å². The Hall–Kier alpha value is -0.900. The molecule has 4 nitrogen and oxygen atoms in total. The summed E-state index contributed by atoms with van der Waals surface area (Å²) >= 11 is 0. The lowest BCUT2D eigenvalue weighted by Crippen LogP contribution is -2.29. The van der Waals surface area contributed by atoms with Crippen molar-refractivity contribution >= 4 is 0 Å². The van der Waals surface area contributed by atoms with E-state index in [4.69, 9.17) is 5.73 Å². The molecule has 0 saturated heterocycles. The molecule has 0 amide bonds. The van der Waals surface area contributed by atoms with E-state index in [1.54, 1.807) is 0 Å². The molecule has 4 heteroatoms. The van der Waals surface area contributed by atoms with Crippen molar-refractivity contribution in [2.75, 3.05) is 0 Å². The van der Waals surface area contributed by atoms with Gasteiger partial charge in [-0.25, -0.2) is 9.67 Å². The van der Waals surface area contributed by atoms with Gasteiger partial charge in [-0.2, -0.15) is 5.10 Å². The first-order valence-corrected chi connectivity index (χ1v) is 4.91. The van der Waals surface area contributed by atoms with E-state index in [9.17, 15) is 0 Å². The number of fused-ring (bicyclic) bond motifs is 1. The molecular formula is C9H16N4. The standard InChI is InChI=1S/C9H16N4/c1-3-7-11-9-8(10)6(2)4-5-13(9)12-7/h6,8H,3-5,10H2,1-2H3. The number of rotatable bonds is 1. The Bertz CT molecular complexity index is 305. The van der Waals surface area contributed by atoms with Crippen LogP contribution in [0.25, 0.3) is 0 Å². The Morgan fingerprint density at radius 3 is 3.08 bits per heavy atom. The number of aryl methyl sites for hydroxylation is 2. The highest BCUT2D eigenvalue weighted by atomic mass is 15.4. The summed E-state index contributed by atoms with van der Waals surface area (Å²) in [6.45, 7) is 5.21. The third-order valence-corrected chi connectivity index (χ3v) is 2.77. The van der Waals surface area contributed by atoms with Gasteiger partial charge < -0.3 is 5.73 Å². The van der Waals surface area contributed by atoms with E-state index in [1.807, 2.05) is 4.68 Å². The lowest BCUT2D eigenvalue weighted by atomic mass is 9.96. The molecule has 0 saturated carbocycles. The third kappa shape index (κ3) is 1.35. The van der Waals surface area contributed by atoms with Gasteiger partial charge in [-0.05, 0) is 12.3 Å². The zero-order valence-electron chi connectivity index (χ0n) is 8.20. The summed E-state index contributed by atoms with van der Waals surface area (Å²) in [6, 6.07) is 0.0709. The fourth-order valence-electron chi connectivity index (χ4n) is 1.72. The first-order valence-electron chi connectivity index (χ1n) is 4.91. The minimum Gasteiger partial charge on any atom is -0.321 e. The fourth-order valence-corrected chi connectivity index (χ4v) is 1.72. The molecular weight excluding hydrogens is 164 g/mol. The van der Waals surface area contributed by atoms with Crippen LogP contribution in [0, 0.1) is 5.92 Å². The Morgan fingerprint density at radius 2 is 2.38 bits per heavy atom. The normalized spacial score (nSPS) is 27.3. The van der Waals surface area contributed by atoms with Crippen LogP contribution in [0.1, 0.15) is 38.0 Å². The molecule has 0 spiro atoms. The number of aromatic nitrogens is 3. The minimum atomic E-state index is 0.0709. The number of nitrogens with two attached hydrogens (primary N) is 1. The van der Waals surface area contributed by atoms with Crippen molar-refractivity contribution in [3.05, 3.63) is 11.6 Å². The van der Waals surface area contributed by atoms with Crippen LogP contribution in [0.15, 0.2) is 0 Å². The van der Waals surface area contributed by atoms with Crippen LogP contribution < -0.4 is 5.73 Å². The smallest absolute Gasteiger partial charge is 0.150 e. The van der Waals surface area contributed by atoms with Crippen LogP contribution in [0.5, 0.6) is 0 Å². The van der Waals surface area contributed by atoms with Crippen LogP contribution in [0.4, 0.5) is 0 Å². The summed E-state index contributed by atoms with van der Waals surface area (Å²) in [5.74, 6) is 2.41. The second-order valence-electron chi connectivity index (χ2n) is 3.75. The molecule has 1 aromatic rings. The molecule has 2 N–H and O–H groups in total. The summed E-state index contributed by atoms with van der Waals surface area (Å²) in [7, 11) is 0. The summed E-state index contributed by atoms with van der Waals surface area (Å²) in [4.78, 5) is 4.43. The molecule has 0 aromatic carbocycles. The van der Waals surface area contributed by atoms with Gasteiger partial charge in [0.15, 0.2) is 5.82 Å². The lowest BCUT2D eigenvalue weighted by molar-refractivity contribution is 0.323. The average Bonchev–Trinajstić information content (AvgIpc) is 2.55. The van der Waals surface area contributed by atoms with Crippen LogP contribution in [0.3, 0.4) is 0 Å². The zero-order chi connectivity index (χ0) is 9.42. The fraction of sp³-hybridized carbons (Fsp3) is 0.778. The summed E-state index contributed by atoms with van der Waals surface area (Å²) in [5, 5.41) is 4.38. The molecule has 0 bridgehead atoms. The molecule has 13 heavy (non-hydrogen) atoms. The molecule has 2 heterocycles. The zero-order valence-corrected chi connectivity index (χ0v) is 8.20. The largest absolute Gasteiger partial charge is 0.321 e. The van der Waals surface area contributed by atoms with Gasteiger partial charge in [0.25, 0.3) is 0 Å². The highest BCUT2D eigenvalue weighted by molar-refractivity contribution is 5.02. The van der Waals surface area contributed by atoms with Crippen LogP contribution in [-0.4, -0.2) is 14.8 Å². The first-order chi connectivity index (χ1) is 6.22. The van der Waals surface area contributed by atoms with Crippen molar-refractivity contribution in [2.45, 2.75) is 39.3 Å². The van der Waals surface area contributed by atoms with Crippen LogP contribution >= 0.6 is 0 Å². The predicted octanol–water partition coefficient (Wildman–Crippen LogP) is 0.880. The van der Waals surface area contributed by atoms with E-state index < -0.39 is 0 Å². The van der Waals surface area contributed by atoms with E-state index in [1.165, 1.54) is 0 Å². The number of hydrogen-bond donors (Lipinski definition) is 1. The predicted molar refractivity (Wildman–Crippen MR) is 50.1 cm³/mol. The van der Waals surface area contributed by atoms with Gasteiger partial charge in [-0.1, -0.05) is 13.8 Å². The molecule has 1 aliphatic heterocycles. The van der Waals surface area contributed by atoms with E-state index in [0.29, 0.717) is 5.92 Å². The van der Waals surface area contributed by atoms with Crippen molar-refractivity contribution in [1.82, 2.24) is 14.8 Å². The quantitative estimate of drug-likeness (QED) is 0.698. The Labute approximate surface area is 78.1 Å². The van der Waals surface area contributed by atoms with Crippen molar-refractivity contribution in [2.24, 2.45) is 11.7 Å². The third-order valence-electron chi connectivity index (χ3n) is 2.77. The van der Waals surface area contributed by atoms with Crippen LogP contribution in [0.2, 0.25) is 0 Å². The minimum absolute atomic E-state index is 0.0709. The maximum absolute atomic E-state index is 6.03. The van der Waals surface area contributed by atoms with Gasteiger partial charge in [0.05, 0.1) is 6.04 Å². The lowest BCUT2D eigenvalue weighted by Gasteiger charge is -2.24. The van der Waals surface area contributed by atoms with E-state index in [-0.39, 0.29) is 6.04 Å². The summed E-state index contributed by atoms with van der Waals surface area (Å²) in [6.07, 6.45) is 2.00. The van der Waals surface area contributed by atoms with E-state index in [2.05, 4.69) is 23.9 Å². The number of nitrogens with zero attached hydrogens (tertiary/aromatic N) is 3. The second kappa shape index (κ2) is 3.10. The Balaban J connectivity index is 2.36. The second-order valence-corrected chi connectivity index (χ2v) is 3.75. The molecule has 0 fully saturated rings. The first kappa shape index (κ1) is 8.69. The van der Waals surface area contributed by atoms with Crippen molar-refractivity contribution in [3.63, 3.8) is 0 Å². The summed E-state index contributed by atoms with van der Waals surface area (Å²) in [5.41, 5.74) is 6.03. The molecule has 1 aromatic heterocycles. The molecule has 2 unspecified atom stereocenters. The van der Waals surface area contributed by atoms with E-state index in [0.717, 1.165) is 31.0 Å². The van der Waals surface area contributed by atoms with Crippen molar-refractivity contribution in [1.29, 1.82) is 0 Å². The maximum Gasteiger partial charge on any atom is 0.150 e. The highest BCUT2D eigenvalue weighted by Gasteiger charge is 2.26. The van der Waals surface area contributed by atoms with Crippen molar-refractivity contribution < 1.29 is 0 Å². The molecule has 1 aliphatic rings. The van der Waals surface area contributed by atoms with Gasteiger partial charge in [0, 0.05) is 13.0 Å². The van der Waals surface area contributed by atoms with E-state index >= 15 is 0 Å². The van der Waals surface area contributed by atoms with Crippen LogP contribution in [-0.2, 0) is 13.0 Å². The monoisotopic (exact) mass is 180 g/mol. The van der Waals surface area contributed by atoms with Gasteiger partial charge >= 0.3 is 0 Å². The van der Waals surface area contributed by atoms with Gasteiger partial charge in [0.2, 0.25) is 0 Å².